The summed E-state index contributed by atoms with van der Waals surface area (Å²) < 4.78 is 6.51. The number of nitrogens with zero attached hydrogens (tertiary/aromatic N) is 1. The minimum absolute atomic E-state index is 0.303. The minimum atomic E-state index is -0.303. The van der Waals surface area contributed by atoms with E-state index in [-0.39, 0.29) is 5.97 Å². The molecule has 70 valence electrons. The van der Waals surface area contributed by atoms with Crippen LogP contribution >= 0.6 is 11.8 Å². The number of esters is 1. The lowest BCUT2D eigenvalue weighted by molar-refractivity contribution is -0.708. The Labute approximate surface area is 81.7 Å². The zero-order valence-electron chi connectivity index (χ0n) is 7.90. The number of carbonyl (C=O) groups excluding carboxylic acids is 1. The fourth-order valence-corrected chi connectivity index (χ4v) is 1.59. The lowest BCUT2D eigenvalue weighted by atomic mass is 10.3. The number of carbonyl (C=O) groups is 1. The lowest BCUT2D eigenvalue weighted by Crippen LogP contribution is -2.31. The zero-order chi connectivity index (χ0) is 9.84. The topological polar surface area (TPSA) is 30.2 Å². The molecule has 0 N–H and O–H groups in total. The van der Waals surface area contributed by atoms with Gasteiger partial charge in [0, 0.05) is 6.07 Å². The summed E-state index contributed by atoms with van der Waals surface area (Å²) in [6, 6.07) is 3.66. The number of ether oxygens (including phenoxy) is 1. The van der Waals surface area contributed by atoms with Crippen LogP contribution in [0.2, 0.25) is 0 Å². The standard InChI is InChI=1S/C9H12NO2S/c1-10-6-7(9(11)12-2)4-5-8(10)13-3/h4-6H,1-3H3/q+1. The van der Waals surface area contributed by atoms with Crippen molar-refractivity contribution in [3.8, 4) is 0 Å². The van der Waals surface area contributed by atoms with Gasteiger partial charge in [-0.05, 0) is 12.3 Å². The van der Waals surface area contributed by atoms with Crippen molar-refractivity contribution in [2.75, 3.05) is 13.4 Å². The molecular weight excluding hydrogens is 186 g/mol. The second-order valence-corrected chi connectivity index (χ2v) is 3.39. The van der Waals surface area contributed by atoms with Gasteiger partial charge >= 0.3 is 5.97 Å². The van der Waals surface area contributed by atoms with E-state index in [0.29, 0.717) is 5.56 Å². The average molecular weight is 198 g/mol. The summed E-state index contributed by atoms with van der Waals surface area (Å²) in [5.74, 6) is -0.303. The smallest absolute Gasteiger partial charge is 0.343 e. The summed E-state index contributed by atoms with van der Waals surface area (Å²) in [5.41, 5.74) is 0.572. The van der Waals surface area contributed by atoms with Gasteiger partial charge in [0.2, 0.25) is 5.03 Å². The van der Waals surface area contributed by atoms with Crippen LogP contribution < -0.4 is 4.57 Å². The molecule has 1 aromatic rings. The number of aryl methyl sites for hydroxylation is 1. The molecule has 0 fully saturated rings. The first-order valence-electron chi connectivity index (χ1n) is 3.81. The molecule has 0 aliphatic heterocycles. The number of methoxy groups -OCH3 is 1. The normalized spacial score (nSPS) is 9.77. The Morgan fingerprint density at radius 3 is 2.69 bits per heavy atom. The molecule has 0 bridgehead atoms. The SMILES string of the molecule is COC(=O)c1ccc(SC)[n+](C)c1. The molecule has 4 heteroatoms. The second-order valence-electron chi connectivity index (χ2n) is 2.56. The molecule has 0 radical (unpaired) electrons. The van der Waals surface area contributed by atoms with E-state index in [2.05, 4.69) is 4.74 Å². The summed E-state index contributed by atoms with van der Waals surface area (Å²) in [6.45, 7) is 0. The zero-order valence-corrected chi connectivity index (χ0v) is 8.72. The number of hydrogen-bond acceptors (Lipinski definition) is 3. The van der Waals surface area contributed by atoms with Crippen LogP contribution in [0.4, 0.5) is 0 Å². The van der Waals surface area contributed by atoms with Crippen molar-refractivity contribution in [1.82, 2.24) is 0 Å². The molecule has 0 unspecified atom stereocenters. The highest BCUT2D eigenvalue weighted by Crippen LogP contribution is 2.09. The lowest BCUT2D eigenvalue weighted by Gasteiger charge is -1.99. The summed E-state index contributed by atoms with van der Waals surface area (Å²) in [5, 5.41) is 1.10. The third-order valence-corrected chi connectivity index (χ3v) is 2.56. The predicted molar refractivity (Wildman–Crippen MR) is 50.7 cm³/mol. The Hall–Kier alpha value is -1.03. The molecule has 0 saturated heterocycles. The van der Waals surface area contributed by atoms with Gasteiger partial charge in [-0.2, -0.15) is 4.57 Å². The third-order valence-electron chi connectivity index (χ3n) is 1.72. The maximum Gasteiger partial charge on any atom is 0.343 e. The van der Waals surface area contributed by atoms with Gasteiger partial charge in [-0.15, -0.1) is 0 Å². The minimum Gasteiger partial charge on any atom is -0.465 e. The maximum atomic E-state index is 11.1. The van der Waals surface area contributed by atoms with Crippen LogP contribution in [0.3, 0.4) is 0 Å². The quantitative estimate of drug-likeness (QED) is 0.404. The first-order chi connectivity index (χ1) is 6.19. The van der Waals surface area contributed by atoms with Crippen LogP contribution in [0, 0.1) is 0 Å². The fourth-order valence-electron chi connectivity index (χ4n) is 1.04. The van der Waals surface area contributed by atoms with Gasteiger partial charge in [-0.25, -0.2) is 4.79 Å². The molecule has 0 aliphatic carbocycles. The molecule has 0 amide bonds. The van der Waals surface area contributed by atoms with E-state index in [1.165, 1.54) is 7.11 Å². The molecule has 3 nitrogen and oxygen atoms in total. The Balaban J connectivity index is 3.02. The number of aromatic nitrogens is 1. The molecule has 0 atom stereocenters. The van der Waals surface area contributed by atoms with Gasteiger partial charge < -0.3 is 4.74 Å². The van der Waals surface area contributed by atoms with E-state index >= 15 is 0 Å². The van der Waals surface area contributed by atoms with Crippen molar-refractivity contribution in [3.05, 3.63) is 23.9 Å². The molecule has 1 rings (SSSR count). The maximum absolute atomic E-state index is 11.1. The largest absolute Gasteiger partial charge is 0.465 e. The number of rotatable bonds is 2. The van der Waals surface area contributed by atoms with E-state index in [9.17, 15) is 4.79 Å². The van der Waals surface area contributed by atoms with Crippen molar-refractivity contribution < 1.29 is 14.1 Å². The third kappa shape index (κ3) is 2.21. The van der Waals surface area contributed by atoms with E-state index in [1.807, 2.05) is 23.9 Å². The van der Waals surface area contributed by atoms with Crippen molar-refractivity contribution in [2.24, 2.45) is 7.05 Å². The molecule has 0 aromatic carbocycles. The van der Waals surface area contributed by atoms with E-state index in [0.717, 1.165) is 5.03 Å². The Bertz CT molecular complexity index is 325. The van der Waals surface area contributed by atoms with Gasteiger partial charge in [0.05, 0.1) is 7.11 Å². The highest BCUT2D eigenvalue weighted by molar-refractivity contribution is 7.98. The van der Waals surface area contributed by atoms with Gasteiger partial charge in [0.1, 0.15) is 12.6 Å². The monoisotopic (exact) mass is 198 g/mol. The fraction of sp³-hybridized carbons (Fsp3) is 0.333. The Morgan fingerprint density at radius 2 is 2.23 bits per heavy atom. The van der Waals surface area contributed by atoms with Gasteiger partial charge in [0.15, 0.2) is 6.20 Å². The van der Waals surface area contributed by atoms with E-state index in [4.69, 9.17) is 0 Å². The van der Waals surface area contributed by atoms with Crippen molar-refractivity contribution in [2.45, 2.75) is 5.03 Å². The van der Waals surface area contributed by atoms with Gasteiger partial charge in [0.25, 0.3) is 0 Å². The molecule has 1 heterocycles. The average Bonchev–Trinajstić information content (AvgIpc) is 2.16. The van der Waals surface area contributed by atoms with Crippen molar-refractivity contribution in [1.29, 1.82) is 0 Å². The van der Waals surface area contributed by atoms with Crippen LogP contribution in [0.5, 0.6) is 0 Å². The molecule has 0 spiro atoms. The van der Waals surface area contributed by atoms with Crippen LogP contribution in [0.15, 0.2) is 23.4 Å². The van der Waals surface area contributed by atoms with Crippen LogP contribution in [-0.4, -0.2) is 19.3 Å². The first kappa shape index (κ1) is 10.1. The Kier molecular flexibility index (Phi) is 3.31. The molecular formula is C9H12NO2S+. The van der Waals surface area contributed by atoms with E-state index in [1.54, 1.807) is 24.0 Å². The van der Waals surface area contributed by atoms with Crippen molar-refractivity contribution in [3.63, 3.8) is 0 Å². The van der Waals surface area contributed by atoms with Crippen molar-refractivity contribution >= 4 is 17.7 Å². The van der Waals surface area contributed by atoms with Gasteiger partial charge in [-0.1, -0.05) is 11.8 Å². The molecule has 0 aliphatic rings. The highest BCUT2D eigenvalue weighted by Gasteiger charge is 2.12. The summed E-state index contributed by atoms with van der Waals surface area (Å²) >= 11 is 1.63. The Morgan fingerprint density at radius 1 is 1.54 bits per heavy atom. The summed E-state index contributed by atoms with van der Waals surface area (Å²) in [4.78, 5) is 11.1. The first-order valence-corrected chi connectivity index (χ1v) is 5.03. The highest BCUT2D eigenvalue weighted by atomic mass is 32.2. The summed E-state index contributed by atoms with van der Waals surface area (Å²) in [7, 11) is 3.28. The second kappa shape index (κ2) is 4.28. The van der Waals surface area contributed by atoms with Crippen LogP contribution in [-0.2, 0) is 11.8 Å². The molecule has 0 saturated carbocycles. The molecule has 1 aromatic heterocycles. The number of hydrogen-bond donors (Lipinski definition) is 0. The number of thioether (sulfide) groups is 1. The summed E-state index contributed by atoms with van der Waals surface area (Å²) in [6.07, 6.45) is 3.75. The van der Waals surface area contributed by atoms with Crippen LogP contribution in [0.25, 0.3) is 0 Å². The predicted octanol–water partition coefficient (Wildman–Crippen LogP) is 1.02. The van der Waals surface area contributed by atoms with Gasteiger partial charge in [-0.3, -0.25) is 0 Å². The molecule has 13 heavy (non-hydrogen) atoms. The van der Waals surface area contributed by atoms with E-state index < -0.39 is 0 Å². The number of pyridine rings is 1. The van der Waals surface area contributed by atoms with Crippen LogP contribution in [0.1, 0.15) is 10.4 Å².